The van der Waals surface area contributed by atoms with E-state index in [-0.39, 0.29) is 4.90 Å². The molecule has 1 N–H and O–H groups in total. The van der Waals surface area contributed by atoms with E-state index >= 15 is 0 Å². The number of hydrogen-bond donors (Lipinski definition) is 1. The van der Waals surface area contributed by atoms with Crippen molar-refractivity contribution in [3.63, 3.8) is 0 Å². The van der Waals surface area contributed by atoms with Crippen LogP contribution in [0.3, 0.4) is 0 Å². The molecular weight excluding hydrogens is 291 g/mol. The smallest absolute Gasteiger partial charge is 0.246 e. The Bertz CT molecular complexity index is 654. The van der Waals surface area contributed by atoms with E-state index in [9.17, 15) is 12.8 Å². The maximum absolute atomic E-state index is 14.2. The number of nitrogens with one attached hydrogen (secondary N) is 1. The van der Waals surface area contributed by atoms with Crippen LogP contribution in [0, 0.1) is 5.82 Å². The van der Waals surface area contributed by atoms with E-state index in [1.165, 1.54) is 16.4 Å². The monoisotopic (exact) mass is 310 g/mol. The molecule has 6 heteroatoms. The number of hydrogen-bond acceptors (Lipinski definition) is 3. The number of nitrogens with zero attached hydrogens (tertiary/aromatic N) is 1. The highest BCUT2D eigenvalue weighted by molar-refractivity contribution is 7.89. The molecule has 3 rings (SSSR count). The molecule has 4 nitrogen and oxygen atoms in total. The van der Waals surface area contributed by atoms with Gasteiger partial charge >= 0.3 is 0 Å². The van der Waals surface area contributed by atoms with Gasteiger partial charge in [0.25, 0.3) is 0 Å². The van der Waals surface area contributed by atoms with Gasteiger partial charge in [-0.1, -0.05) is 18.2 Å². The van der Waals surface area contributed by atoms with Gasteiger partial charge in [0.2, 0.25) is 10.0 Å². The van der Waals surface area contributed by atoms with Gasteiger partial charge in [0.1, 0.15) is 10.7 Å². The van der Waals surface area contributed by atoms with Crippen LogP contribution in [0.4, 0.5) is 4.39 Å². The maximum Gasteiger partial charge on any atom is 0.246 e. The van der Waals surface area contributed by atoms with Gasteiger partial charge < -0.3 is 5.32 Å². The molecule has 1 saturated carbocycles. The molecule has 2 aliphatic rings. The van der Waals surface area contributed by atoms with Crippen LogP contribution in [-0.4, -0.2) is 31.9 Å². The van der Waals surface area contributed by atoms with Gasteiger partial charge in [0.05, 0.1) is 0 Å². The van der Waals surface area contributed by atoms with Crippen molar-refractivity contribution in [2.24, 2.45) is 0 Å². The molecule has 1 aliphatic heterocycles. The first-order valence-electron chi connectivity index (χ1n) is 7.24. The largest absolute Gasteiger partial charge is 0.310 e. The first kappa shape index (κ1) is 14.7. The summed E-state index contributed by atoms with van der Waals surface area (Å²) in [7, 11) is -3.74. The Hall–Kier alpha value is -1.24. The van der Waals surface area contributed by atoms with Gasteiger partial charge in [-0.2, -0.15) is 4.31 Å². The predicted molar refractivity (Wildman–Crippen MR) is 78.8 cm³/mol. The van der Waals surface area contributed by atoms with Crippen molar-refractivity contribution in [1.82, 2.24) is 9.62 Å². The third kappa shape index (κ3) is 3.33. The minimum absolute atomic E-state index is 0.229. The summed E-state index contributed by atoms with van der Waals surface area (Å²) in [6.07, 6.45) is 6.74. The van der Waals surface area contributed by atoms with Crippen molar-refractivity contribution in [1.29, 1.82) is 0 Å². The van der Waals surface area contributed by atoms with Crippen molar-refractivity contribution in [3.05, 3.63) is 41.7 Å². The molecule has 0 aromatic heterocycles. The summed E-state index contributed by atoms with van der Waals surface area (Å²) in [5, 5.41) is 3.29. The Morgan fingerprint density at radius 1 is 1.29 bits per heavy atom. The van der Waals surface area contributed by atoms with Crippen LogP contribution in [0.15, 0.2) is 35.2 Å². The fraction of sp³-hybridized carbons (Fsp3) is 0.467. The number of rotatable bonds is 5. The lowest BCUT2D eigenvalue weighted by Gasteiger charge is -2.23. The van der Waals surface area contributed by atoms with E-state index in [2.05, 4.69) is 5.32 Å². The van der Waals surface area contributed by atoms with Gasteiger partial charge in [0, 0.05) is 25.7 Å². The summed E-state index contributed by atoms with van der Waals surface area (Å²) in [6, 6.07) is 4.93. The summed E-state index contributed by atoms with van der Waals surface area (Å²) < 4.78 is 40.4. The van der Waals surface area contributed by atoms with E-state index in [0.29, 0.717) is 32.1 Å². The summed E-state index contributed by atoms with van der Waals surface area (Å²) in [5.41, 5.74) is 0.775. The molecule has 0 bridgehead atoms. The van der Waals surface area contributed by atoms with Gasteiger partial charge in [0.15, 0.2) is 0 Å². The van der Waals surface area contributed by atoms with Crippen molar-refractivity contribution < 1.29 is 12.8 Å². The van der Waals surface area contributed by atoms with Crippen molar-refractivity contribution in [2.45, 2.75) is 36.7 Å². The van der Waals surface area contributed by atoms with Crippen LogP contribution in [0.5, 0.6) is 0 Å². The van der Waals surface area contributed by atoms with E-state index in [4.69, 9.17) is 0 Å². The second kappa shape index (κ2) is 5.87. The lowest BCUT2D eigenvalue weighted by atomic mass is 10.2. The highest BCUT2D eigenvalue weighted by Gasteiger charge is 2.27. The molecule has 1 fully saturated rings. The first-order chi connectivity index (χ1) is 10.1. The first-order valence-corrected chi connectivity index (χ1v) is 8.68. The minimum Gasteiger partial charge on any atom is -0.310 e. The topological polar surface area (TPSA) is 49.4 Å². The zero-order valence-corrected chi connectivity index (χ0v) is 12.6. The molecule has 1 aliphatic carbocycles. The van der Waals surface area contributed by atoms with Crippen LogP contribution in [0.1, 0.15) is 24.8 Å². The average Bonchev–Trinajstić information content (AvgIpc) is 3.30. The molecule has 1 aromatic carbocycles. The molecular formula is C15H19FN2O2S. The Morgan fingerprint density at radius 2 is 2.10 bits per heavy atom. The van der Waals surface area contributed by atoms with Gasteiger partial charge in [-0.05, 0) is 37.0 Å². The number of benzene rings is 1. The van der Waals surface area contributed by atoms with E-state index in [1.807, 2.05) is 6.08 Å². The molecule has 0 spiro atoms. The maximum atomic E-state index is 14.2. The highest BCUT2D eigenvalue weighted by atomic mass is 32.2. The van der Waals surface area contributed by atoms with Crippen molar-refractivity contribution in [3.8, 4) is 0 Å². The molecule has 0 saturated heterocycles. The third-order valence-electron chi connectivity index (χ3n) is 3.81. The van der Waals surface area contributed by atoms with Gasteiger partial charge in [-0.3, -0.25) is 0 Å². The van der Waals surface area contributed by atoms with Crippen LogP contribution in [-0.2, 0) is 16.6 Å². The quantitative estimate of drug-likeness (QED) is 0.847. The summed E-state index contributed by atoms with van der Waals surface area (Å²) in [5.74, 6) is -0.667. The summed E-state index contributed by atoms with van der Waals surface area (Å²) in [6.45, 7) is 1.30. The zero-order valence-electron chi connectivity index (χ0n) is 11.8. The van der Waals surface area contributed by atoms with Crippen LogP contribution in [0.25, 0.3) is 0 Å². The molecule has 114 valence electrons. The molecule has 0 amide bonds. The van der Waals surface area contributed by atoms with Crippen LogP contribution < -0.4 is 5.32 Å². The molecule has 0 unspecified atom stereocenters. The van der Waals surface area contributed by atoms with Gasteiger partial charge in [-0.15, -0.1) is 0 Å². The Labute approximate surface area is 124 Å². The Kier molecular flexibility index (Phi) is 4.10. The highest BCUT2D eigenvalue weighted by Crippen LogP contribution is 2.23. The molecule has 1 heterocycles. The molecule has 21 heavy (non-hydrogen) atoms. The Morgan fingerprint density at radius 3 is 2.71 bits per heavy atom. The predicted octanol–water partition coefficient (Wildman–Crippen LogP) is 2.03. The lowest BCUT2D eigenvalue weighted by Crippen LogP contribution is -2.34. The third-order valence-corrected chi connectivity index (χ3v) is 5.71. The van der Waals surface area contributed by atoms with E-state index in [0.717, 1.165) is 18.4 Å². The minimum atomic E-state index is -3.74. The van der Waals surface area contributed by atoms with E-state index in [1.54, 1.807) is 12.1 Å². The molecule has 1 aromatic rings. The number of sulfonamides is 1. The number of halogens is 1. The fourth-order valence-electron chi connectivity index (χ4n) is 2.39. The van der Waals surface area contributed by atoms with Crippen molar-refractivity contribution >= 4 is 10.0 Å². The average molecular weight is 310 g/mol. The molecule has 0 atom stereocenters. The zero-order chi connectivity index (χ0) is 14.9. The van der Waals surface area contributed by atoms with Crippen LogP contribution >= 0.6 is 0 Å². The Balaban J connectivity index is 1.78. The van der Waals surface area contributed by atoms with Crippen molar-refractivity contribution in [2.75, 3.05) is 13.1 Å². The summed E-state index contributed by atoms with van der Waals surface area (Å²) >= 11 is 0. The van der Waals surface area contributed by atoms with Gasteiger partial charge in [-0.25, -0.2) is 12.8 Å². The SMILES string of the molecule is O=S(=O)(c1ccc(CNC2CC2)cc1F)N1CC=CCC1. The second-order valence-electron chi connectivity index (χ2n) is 5.54. The standard InChI is InChI=1S/C15H19FN2O2S/c16-14-10-12(11-17-13-5-6-13)4-7-15(14)21(19,20)18-8-2-1-3-9-18/h1-2,4,7,10,13,17H,3,5-6,8-9,11H2. The fourth-order valence-corrected chi connectivity index (χ4v) is 3.84. The van der Waals surface area contributed by atoms with Crippen LogP contribution in [0.2, 0.25) is 0 Å². The lowest BCUT2D eigenvalue weighted by molar-refractivity contribution is 0.432. The van der Waals surface area contributed by atoms with E-state index < -0.39 is 15.8 Å². The normalized spacial score (nSPS) is 19.9. The molecule has 0 radical (unpaired) electrons. The summed E-state index contributed by atoms with van der Waals surface area (Å²) in [4.78, 5) is -0.229. The second-order valence-corrected chi connectivity index (χ2v) is 7.45.